The molecule has 14 heteroatoms. The Hall–Kier alpha value is -3.55. The Morgan fingerprint density at radius 2 is 2.00 bits per heavy atom. The molecular weight excluding hydrogens is 457 g/mol. The number of halogens is 3. The topological polar surface area (TPSA) is 124 Å². The average molecular weight is 480 g/mol. The van der Waals surface area contributed by atoms with Crippen molar-refractivity contribution in [1.29, 1.82) is 0 Å². The van der Waals surface area contributed by atoms with Crippen LogP contribution in [0.2, 0.25) is 0 Å². The molecule has 1 unspecified atom stereocenters. The Labute approximate surface area is 191 Å². The van der Waals surface area contributed by atoms with E-state index in [1.165, 1.54) is 12.3 Å². The number of alkyl halides is 3. The van der Waals surface area contributed by atoms with E-state index in [9.17, 15) is 18.0 Å². The number of ether oxygens (including phenoxy) is 1. The largest absolute Gasteiger partial charge is 0.419 e. The lowest BCUT2D eigenvalue weighted by Crippen LogP contribution is -2.37. The number of nitrogens with zero attached hydrogens (tertiary/aromatic N) is 7. The van der Waals surface area contributed by atoms with Crippen LogP contribution in [0, 0.1) is 0 Å². The Morgan fingerprint density at radius 3 is 2.68 bits per heavy atom. The Kier molecular flexibility index (Phi) is 7.05. The van der Waals surface area contributed by atoms with E-state index in [1.807, 2.05) is 11.8 Å². The van der Waals surface area contributed by atoms with Crippen LogP contribution in [0.4, 0.5) is 19.1 Å². The lowest BCUT2D eigenvalue weighted by molar-refractivity contribution is -0.138. The summed E-state index contributed by atoms with van der Waals surface area (Å²) in [7, 11) is 0. The molecule has 1 aliphatic heterocycles. The van der Waals surface area contributed by atoms with E-state index in [0.29, 0.717) is 37.6 Å². The minimum Gasteiger partial charge on any atom is -0.369 e. The summed E-state index contributed by atoms with van der Waals surface area (Å²) in [6.07, 6.45) is 0.00540. The number of hydrogen-bond acceptors (Lipinski definition) is 10. The van der Waals surface area contributed by atoms with Crippen molar-refractivity contribution in [2.75, 3.05) is 30.0 Å². The van der Waals surface area contributed by atoms with Crippen LogP contribution in [0.3, 0.4) is 0 Å². The van der Waals surface area contributed by atoms with Gasteiger partial charge in [-0.15, -0.1) is 4.79 Å². The van der Waals surface area contributed by atoms with Crippen molar-refractivity contribution in [3.63, 3.8) is 0 Å². The highest BCUT2D eigenvalue weighted by Gasteiger charge is 2.32. The third-order valence-corrected chi connectivity index (χ3v) is 5.24. The molecule has 11 nitrogen and oxygen atoms in total. The zero-order valence-electron chi connectivity index (χ0n) is 18.3. The molecule has 1 aliphatic rings. The van der Waals surface area contributed by atoms with E-state index in [2.05, 4.69) is 30.6 Å². The highest BCUT2D eigenvalue weighted by atomic mass is 19.4. The molecule has 1 saturated heterocycles. The first kappa shape index (κ1) is 23.6. The lowest BCUT2D eigenvalue weighted by Gasteiger charge is -2.30. The lowest BCUT2D eigenvalue weighted by atomic mass is 9.96. The molecule has 0 aromatic carbocycles. The molecule has 3 aromatic rings. The van der Waals surface area contributed by atoms with Crippen molar-refractivity contribution in [2.24, 2.45) is 0 Å². The van der Waals surface area contributed by atoms with Crippen molar-refractivity contribution in [3.05, 3.63) is 58.4 Å². The van der Waals surface area contributed by atoms with Gasteiger partial charge in [0.1, 0.15) is 6.61 Å². The number of anilines is 1. The predicted molar refractivity (Wildman–Crippen MR) is 112 cm³/mol. The fraction of sp³-hybridized carbons (Fsp3) is 0.500. The van der Waals surface area contributed by atoms with Gasteiger partial charge in [0, 0.05) is 43.7 Å². The maximum Gasteiger partial charge on any atom is 0.419 e. The average Bonchev–Trinajstić information content (AvgIpc) is 3.29. The molecule has 0 bridgehead atoms. The summed E-state index contributed by atoms with van der Waals surface area (Å²) in [6, 6.07) is 2.77. The number of rotatable bonds is 8. The summed E-state index contributed by atoms with van der Waals surface area (Å²) in [6.45, 7) is 3.37. The normalized spacial score (nSPS) is 15.9. The van der Waals surface area contributed by atoms with E-state index in [4.69, 9.17) is 9.26 Å². The van der Waals surface area contributed by atoms with Crippen molar-refractivity contribution >= 4 is 5.95 Å². The van der Waals surface area contributed by atoms with Gasteiger partial charge in [-0.05, 0) is 25.8 Å². The van der Waals surface area contributed by atoms with Gasteiger partial charge >= 0.3 is 6.18 Å². The molecule has 182 valence electrons. The minimum atomic E-state index is -4.46. The van der Waals surface area contributed by atoms with Gasteiger partial charge in [-0.1, -0.05) is 5.16 Å². The third kappa shape index (κ3) is 5.87. The van der Waals surface area contributed by atoms with Gasteiger partial charge in [0.05, 0.1) is 18.2 Å². The van der Waals surface area contributed by atoms with Crippen LogP contribution in [-0.4, -0.2) is 55.7 Å². The molecule has 0 spiro atoms. The Morgan fingerprint density at radius 1 is 1.26 bits per heavy atom. The molecule has 1 N–H and O–H groups in total. The first-order valence-corrected chi connectivity index (χ1v) is 10.6. The highest BCUT2D eigenvalue weighted by Crippen LogP contribution is 2.30. The van der Waals surface area contributed by atoms with Crippen LogP contribution in [0.25, 0.3) is 0 Å². The van der Waals surface area contributed by atoms with Gasteiger partial charge in [0.2, 0.25) is 5.95 Å². The fourth-order valence-corrected chi connectivity index (χ4v) is 3.49. The van der Waals surface area contributed by atoms with Gasteiger partial charge in [0.15, 0.2) is 5.82 Å². The van der Waals surface area contributed by atoms with E-state index >= 15 is 0 Å². The van der Waals surface area contributed by atoms with Crippen molar-refractivity contribution in [3.8, 4) is 0 Å². The van der Waals surface area contributed by atoms with Gasteiger partial charge in [-0.25, -0.2) is 9.97 Å². The summed E-state index contributed by atoms with van der Waals surface area (Å²) in [5.74, 6) is 1.23. The maximum absolute atomic E-state index is 12.7. The zero-order valence-corrected chi connectivity index (χ0v) is 18.3. The zero-order chi connectivity index (χ0) is 24.1. The monoisotopic (exact) mass is 480 g/mol. The summed E-state index contributed by atoms with van der Waals surface area (Å²) >= 11 is 0. The number of nitrogens with one attached hydrogen (secondary N) is 1. The van der Waals surface area contributed by atoms with Crippen LogP contribution >= 0.6 is 0 Å². The van der Waals surface area contributed by atoms with E-state index < -0.39 is 11.7 Å². The first-order valence-electron chi connectivity index (χ1n) is 10.6. The molecule has 1 atom stereocenters. The van der Waals surface area contributed by atoms with Crippen molar-refractivity contribution in [1.82, 2.24) is 30.0 Å². The molecule has 4 heterocycles. The third-order valence-electron chi connectivity index (χ3n) is 5.24. The summed E-state index contributed by atoms with van der Waals surface area (Å²) in [4.78, 5) is 26.7. The number of aromatic nitrogens is 6. The number of piperidine rings is 1. The molecule has 0 radical (unpaired) electrons. The van der Waals surface area contributed by atoms with E-state index in [0.717, 1.165) is 17.2 Å². The number of hydrogen-bond donors (Lipinski definition) is 1. The van der Waals surface area contributed by atoms with Crippen LogP contribution in [0.1, 0.15) is 43.0 Å². The van der Waals surface area contributed by atoms with Gasteiger partial charge in [0.25, 0.3) is 11.4 Å². The predicted octanol–water partition coefficient (Wildman–Crippen LogP) is 1.97. The Balaban J connectivity index is 1.22. The molecule has 4 rings (SSSR count). The summed E-state index contributed by atoms with van der Waals surface area (Å²) in [5, 5.41) is 7.96. The molecular formula is C20H23F3N8O3. The SMILES string of the molecule is CC(COCc1nc(C2CCN(c3ncc(C(F)(F)F)cn3)CC2)no1)Nn1ncccc1=O. The van der Waals surface area contributed by atoms with Crippen molar-refractivity contribution in [2.45, 2.75) is 44.5 Å². The summed E-state index contributed by atoms with van der Waals surface area (Å²) in [5.41, 5.74) is 1.77. The molecule has 0 amide bonds. The van der Waals surface area contributed by atoms with Crippen molar-refractivity contribution < 1.29 is 22.4 Å². The molecule has 34 heavy (non-hydrogen) atoms. The summed E-state index contributed by atoms with van der Waals surface area (Å²) < 4.78 is 48.9. The highest BCUT2D eigenvalue weighted by molar-refractivity contribution is 5.31. The van der Waals surface area contributed by atoms with Gasteiger partial charge in [-0.2, -0.15) is 23.3 Å². The van der Waals surface area contributed by atoms with E-state index in [1.54, 1.807) is 6.07 Å². The molecule has 0 aliphatic carbocycles. The maximum atomic E-state index is 12.7. The van der Waals surface area contributed by atoms with Crippen LogP contribution in [-0.2, 0) is 17.5 Å². The second kappa shape index (κ2) is 10.2. The standard InChI is InChI=1S/C20H23F3N8O3/c1-13(28-31-17(32)3-2-6-26-31)11-33-12-16-27-18(29-34-16)14-4-7-30(8-5-14)19-24-9-15(10-25-19)20(21,22)23/h2-3,6,9-10,13-14,28H,4-5,7-8,11-12H2,1H3. The molecule has 3 aromatic heterocycles. The molecule has 1 fully saturated rings. The minimum absolute atomic E-state index is 0.0554. The second-order valence-corrected chi connectivity index (χ2v) is 7.90. The van der Waals surface area contributed by atoms with Gasteiger partial charge in [-0.3, -0.25) is 4.79 Å². The van der Waals surface area contributed by atoms with Crippen LogP contribution in [0.5, 0.6) is 0 Å². The quantitative estimate of drug-likeness (QED) is 0.512. The molecule has 0 saturated carbocycles. The second-order valence-electron chi connectivity index (χ2n) is 7.90. The Bertz CT molecular complexity index is 1130. The smallest absolute Gasteiger partial charge is 0.369 e. The van der Waals surface area contributed by atoms with Crippen LogP contribution < -0.4 is 15.9 Å². The fourth-order valence-electron chi connectivity index (χ4n) is 3.49. The first-order chi connectivity index (χ1) is 16.3. The van der Waals surface area contributed by atoms with Gasteiger partial charge < -0.3 is 19.6 Å². The van der Waals surface area contributed by atoms with Crippen LogP contribution in [0.15, 0.2) is 40.0 Å². The van der Waals surface area contributed by atoms with E-state index in [-0.39, 0.29) is 36.7 Å².